The molecular weight excluding hydrogens is 448 g/mol. The summed E-state index contributed by atoms with van der Waals surface area (Å²) in [4.78, 5) is 44.7. The summed E-state index contributed by atoms with van der Waals surface area (Å²) in [6.45, 7) is 7.62. The molecule has 1 unspecified atom stereocenters. The quantitative estimate of drug-likeness (QED) is 0.524. The van der Waals surface area contributed by atoms with Crippen LogP contribution in [-0.4, -0.2) is 70.8 Å². The molecule has 4 aliphatic heterocycles. The number of hydrogen-bond acceptors (Lipinski definition) is 6. The molecule has 2 amide bonds. The van der Waals surface area contributed by atoms with Crippen LogP contribution >= 0.6 is 0 Å². The molecule has 8 nitrogen and oxygen atoms in total. The number of hydrogen-bond donors (Lipinski definition) is 1. The maximum Gasteiger partial charge on any atom is 0.313 e. The number of aryl methyl sites for hydroxylation is 2. The van der Waals surface area contributed by atoms with E-state index in [1.807, 2.05) is 51.1 Å². The van der Waals surface area contributed by atoms with Gasteiger partial charge in [0.05, 0.1) is 18.6 Å². The molecule has 0 bridgehead atoms. The van der Waals surface area contributed by atoms with Crippen molar-refractivity contribution >= 4 is 23.5 Å². The van der Waals surface area contributed by atoms with Crippen LogP contribution in [0.15, 0.2) is 42.5 Å². The fraction of sp³-hybridized carbons (Fsp3) is 0.519. The molecule has 2 saturated heterocycles. The Morgan fingerprint density at radius 2 is 1.89 bits per heavy atom. The number of fused-ring (bicyclic) bond motifs is 2. The van der Waals surface area contributed by atoms with E-state index in [9.17, 15) is 19.5 Å². The van der Waals surface area contributed by atoms with Crippen LogP contribution in [0.25, 0.3) is 0 Å². The van der Waals surface area contributed by atoms with Gasteiger partial charge in [-0.3, -0.25) is 14.4 Å². The van der Waals surface area contributed by atoms with Crippen molar-refractivity contribution in [2.45, 2.75) is 57.4 Å². The van der Waals surface area contributed by atoms with Gasteiger partial charge in [0.1, 0.15) is 29.8 Å². The van der Waals surface area contributed by atoms with Crippen LogP contribution < -0.4 is 4.90 Å². The lowest BCUT2D eigenvalue weighted by molar-refractivity contribution is -0.158. The third-order valence-electron chi connectivity index (χ3n) is 8.03. The number of ether oxygens (including phenoxy) is 2. The van der Waals surface area contributed by atoms with Gasteiger partial charge in [0.15, 0.2) is 0 Å². The minimum absolute atomic E-state index is 0.115. The number of carbonyl (C=O) groups is 3. The first-order valence-electron chi connectivity index (χ1n) is 12.2. The third kappa shape index (κ3) is 3.23. The van der Waals surface area contributed by atoms with Crippen LogP contribution in [0, 0.1) is 25.7 Å². The van der Waals surface area contributed by atoms with Gasteiger partial charge < -0.3 is 24.4 Å². The first-order chi connectivity index (χ1) is 16.7. The lowest BCUT2D eigenvalue weighted by Gasteiger charge is -2.40. The fourth-order valence-electron chi connectivity index (χ4n) is 6.32. The second-order valence-corrected chi connectivity index (χ2v) is 10.1. The fourth-order valence-corrected chi connectivity index (χ4v) is 6.32. The molecule has 35 heavy (non-hydrogen) atoms. The zero-order chi connectivity index (χ0) is 25.1. The number of cyclic esters (lactones) is 1. The van der Waals surface area contributed by atoms with Crippen molar-refractivity contribution in [2.24, 2.45) is 11.8 Å². The summed E-state index contributed by atoms with van der Waals surface area (Å²) in [5, 5.41) is 10.0. The van der Waals surface area contributed by atoms with Gasteiger partial charge in [-0.1, -0.05) is 37.3 Å². The van der Waals surface area contributed by atoms with Crippen LogP contribution in [0.5, 0.6) is 0 Å². The largest absolute Gasteiger partial charge is 0.461 e. The molecule has 186 valence electrons. The molecule has 0 aromatic heterocycles. The van der Waals surface area contributed by atoms with E-state index < -0.39 is 41.1 Å². The third-order valence-corrected chi connectivity index (χ3v) is 8.03. The lowest BCUT2D eigenvalue weighted by Crippen LogP contribution is -2.58. The van der Waals surface area contributed by atoms with Crippen LogP contribution in [0.4, 0.5) is 5.69 Å². The topological polar surface area (TPSA) is 96.4 Å². The maximum absolute atomic E-state index is 14.3. The number of amides is 2. The monoisotopic (exact) mass is 480 g/mol. The number of nitrogens with zero attached hydrogens (tertiary/aromatic N) is 2. The van der Waals surface area contributed by atoms with E-state index >= 15 is 0 Å². The Bertz CT molecular complexity index is 1140. The highest BCUT2D eigenvalue weighted by atomic mass is 16.6. The predicted molar refractivity (Wildman–Crippen MR) is 129 cm³/mol. The molecule has 0 saturated carbocycles. The van der Waals surface area contributed by atoms with Gasteiger partial charge in [-0.25, -0.2) is 0 Å². The SMILES string of the molecule is CC[C@]12C=CCOC(=O)[C@H]1[C@H]1C(=O)N([C@H](C)CO)C3C(=O)N(c4cc(C)ccc4C)CC=C[C@@]31O2. The van der Waals surface area contributed by atoms with Crippen molar-refractivity contribution in [1.82, 2.24) is 4.90 Å². The van der Waals surface area contributed by atoms with Gasteiger partial charge >= 0.3 is 5.97 Å². The minimum Gasteiger partial charge on any atom is -0.461 e. The zero-order valence-electron chi connectivity index (χ0n) is 20.6. The van der Waals surface area contributed by atoms with Crippen LogP contribution in [0.3, 0.4) is 0 Å². The molecule has 1 N–H and O–H groups in total. The van der Waals surface area contributed by atoms with Crippen molar-refractivity contribution < 1.29 is 29.0 Å². The molecule has 2 fully saturated rings. The molecule has 4 aliphatic rings. The molecule has 0 aliphatic carbocycles. The molecule has 1 aromatic carbocycles. The number of benzene rings is 1. The first kappa shape index (κ1) is 23.8. The summed E-state index contributed by atoms with van der Waals surface area (Å²) < 4.78 is 12.2. The average molecular weight is 481 g/mol. The summed E-state index contributed by atoms with van der Waals surface area (Å²) >= 11 is 0. The second kappa shape index (κ2) is 8.31. The lowest BCUT2D eigenvalue weighted by atomic mass is 9.73. The molecule has 8 heteroatoms. The van der Waals surface area contributed by atoms with E-state index in [2.05, 4.69) is 0 Å². The smallest absolute Gasteiger partial charge is 0.313 e. The highest BCUT2D eigenvalue weighted by Gasteiger charge is 2.75. The molecule has 4 heterocycles. The van der Waals surface area contributed by atoms with Crippen LogP contribution in [0.2, 0.25) is 0 Å². The Morgan fingerprint density at radius 3 is 2.60 bits per heavy atom. The van der Waals surface area contributed by atoms with Crippen LogP contribution in [-0.2, 0) is 23.9 Å². The number of aliphatic hydroxyl groups excluding tert-OH is 1. The Labute approximate surface area is 205 Å². The summed E-state index contributed by atoms with van der Waals surface area (Å²) in [6.07, 6.45) is 7.68. The number of esters is 1. The van der Waals surface area contributed by atoms with Crippen molar-refractivity contribution in [1.29, 1.82) is 0 Å². The number of aliphatic hydroxyl groups is 1. The van der Waals surface area contributed by atoms with Crippen LogP contribution in [0.1, 0.15) is 31.4 Å². The second-order valence-electron chi connectivity index (χ2n) is 10.1. The van der Waals surface area contributed by atoms with Crippen molar-refractivity contribution in [3.8, 4) is 0 Å². The van der Waals surface area contributed by atoms with E-state index in [0.717, 1.165) is 16.8 Å². The maximum atomic E-state index is 14.3. The van der Waals surface area contributed by atoms with Crippen molar-refractivity contribution in [2.75, 3.05) is 24.7 Å². The predicted octanol–water partition coefficient (Wildman–Crippen LogP) is 2.06. The molecule has 6 atom stereocenters. The summed E-state index contributed by atoms with van der Waals surface area (Å²) in [5.41, 5.74) is 0.302. The first-order valence-corrected chi connectivity index (χ1v) is 12.2. The molecule has 5 rings (SSSR count). The molecule has 0 radical (unpaired) electrons. The van der Waals surface area contributed by atoms with Gasteiger partial charge in [-0.2, -0.15) is 0 Å². The highest BCUT2D eigenvalue weighted by Crippen LogP contribution is 2.58. The number of anilines is 1. The Morgan fingerprint density at radius 1 is 1.11 bits per heavy atom. The highest BCUT2D eigenvalue weighted by molar-refractivity contribution is 6.06. The van der Waals surface area contributed by atoms with Crippen molar-refractivity contribution in [3.63, 3.8) is 0 Å². The van der Waals surface area contributed by atoms with E-state index in [1.54, 1.807) is 24.0 Å². The molecule has 1 spiro atoms. The van der Waals surface area contributed by atoms with Gasteiger partial charge in [-0.15, -0.1) is 0 Å². The Kier molecular flexibility index (Phi) is 5.64. The Balaban J connectivity index is 1.70. The van der Waals surface area contributed by atoms with E-state index in [0.29, 0.717) is 13.0 Å². The minimum atomic E-state index is -1.36. The molecular formula is C27H32N2O6. The number of rotatable bonds is 4. The van der Waals surface area contributed by atoms with E-state index in [4.69, 9.17) is 9.47 Å². The molecule has 1 aromatic rings. The van der Waals surface area contributed by atoms with Crippen molar-refractivity contribution in [3.05, 3.63) is 53.6 Å². The van der Waals surface area contributed by atoms with E-state index in [-0.39, 0.29) is 25.0 Å². The average Bonchev–Trinajstić information content (AvgIpc) is 3.13. The van der Waals surface area contributed by atoms with Gasteiger partial charge in [0.2, 0.25) is 5.91 Å². The number of likely N-dealkylation sites (tertiary alicyclic amines) is 1. The van der Waals surface area contributed by atoms with Gasteiger partial charge in [-0.05, 0) is 50.5 Å². The summed E-state index contributed by atoms with van der Waals surface area (Å²) in [5.74, 6) is -2.98. The Hall–Kier alpha value is -2.97. The standard InChI is InChI=1S/C27H32N2O6/c1-5-26-10-7-13-34-25(33)21(26)20-23(31)29(18(4)15-30)22-24(32)28(12-6-11-27(20,22)35-26)19-14-16(2)8-9-17(19)3/h6-11,14,18,20-22,30H,5,12-13,15H2,1-4H3/t18-,20+,21-,22?,26+,27+/m1/s1. The van der Waals surface area contributed by atoms with Gasteiger partial charge in [0.25, 0.3) is 5.91 Å². The zero-order valence-corrected chi connectivity index (χ0v) is 20.6. The van der Waals surface area contributed by atoms with Gasteiger partial charge in [0, 0.05) is 12.2 Å². The normalized spacial score (nSPS) is 34.8. The number of carbonyl (C=O) groups excluding carboxylic acids is 3. The van der Waals surface area contributed by atoms with E-state index in [1.165, 1.54) is 4.90 Å². The summed E-state index contributed by atoms with van der Waals surface area (Å²) in [6, 6.07) is 4.25. The summed E-state index contributed by atoms with van der Waals surface area (Å²) in [7, 11) is 0.